The Morgan fingerprint density at radius 3 is 2.15 bits per heavy atom. The number of benzene rings is 2. The third-order valence-electron chi connectivity index (χ3n) is 5.52. The molecule has 2 aromatic carbocycles. The molecule has 1 atom stereocenters. The Bertz CT molecular complexity index is 1290. The molecule has 1 amide bonds. The lowest BCUT2D eigenvalue weighted by Crippen LogP contribution is -2.29. The smallest absolute Gasteiger partial charge is 0.350 e. The molecule has 0 bridgehead atoms. The average Bonchev–Trinajstić information content (AvgIpc) is 3.31. The van der Waals surface area contributed by atoms with Gasteiger partial charge in [0, 0.05) is 5.56 Å². The van der Waals surface area contributed by atoms with Crippen molar-refractivity contribution in [3.05, 3.63) is 86.9 Å². The highest BCUT2D eigenvalue weighted by atomic mass is 32.1. The zero-order valence-electron chi connectivity index (χ0n) is 18.6. The Kier molecular flexibility index (Phi) is 5.86. The van der Waals surface area contributed by atoms with Crippen molar-refractivity contribution in [3.63, 3.8) is 0 Å². The van der Waals surface area contributed by atoms with E-state index in [4.69, 9.17) is 4.74 Å². The minimum Gasteiger partial charge on any atom is -0.507 e. The van der Waals surface area contributed by atoms with Crippen molar-refractivity contribution in [1.29, 1.82) is 0 Å². The highest BCUT2D eigenvalue weighted by Gasteiger charge is 2.48. The quantitative estimate of drug-likeness (QED) is 0.266. The average molecular weight is 463 g/mol. The number of hydrogen-bond acceptors (Lipinski definition) is 7. The molecule has 168 valence electrons. The number of methoxy groups -OCH3 is 1. The topological polar surface area (TPSA) is 96.8 Å². The minimum absolute atomic E-state index is 0.0276. The van der Waals surface area contributed by atoms with Crippen LogP contribution >= 0.6 is 11.3 Å². The molecule has 0 aliphatic carbocycles. The van der Waals surface area contributed by atoms with Gasteiger partial charge in [-0.2, -0.15) is 0 Å². The van der Waals surface area contributed by atoms with Gasteiger partial charge >= 0.3 is 11.9 Å². The second-order valence-corrected chi connectivity index (χ2v) is 8.83. The number of amides is 1. The van der Waals surface area contributed by atoms with Crippen LogP contribution in [0.25, 0.3) is 5.76 Å². The number of rotatable bonds is 4. The lowest BCUT2D eigenvalue weighted by Gasteiger charge is -2.23. The molecule has 1 aliphatic heterocycles. The molecule has 1 N–H and O–H groups in total. The standard InChI is InChI=1S/C25H22N2O5S/c1-13-5-9-16(10-6-13)19-18(20(28)17-11-7-14(2)8-12-17)21(29)23(30)27(19)25-26-15(3)22(33-25)24(31)32-4/h5-12,19,28H,1-4H3/t19-/m1/s1. The first-order chi connectivity index (χ1) is 15.7. The largest absolute Gasteiger partial charge is 0.507 e. The lowest BCUT2D eigenvalue weighted by atomic mass is 9.94. The SMILES string of the molecule is COC(=O)c1sc(N2C(=O)C(=O)C(=C(O)c3ccc(C)cc3)[C@H]2c2ccc(C)cc2)nc1C. The number of anilines is 1. The minimum atomic E-state index is -0.900. The Hall–Kier alpha value is -3.78. The summed E-state index contributed by atoms with van der Waals surface area (Å²) < 4.78 is 4.80. The van der Waals surface area contributed by atoms with Crippen LogP contribution in [0.3, 0.4) is 0 Å². The van der Waals surface area contributed by atoms with Gasteiger partial charge in [-0.25, -0.2) is 9.78 Å². The van der Waals surface area contributed by atoms with Crippen molar-refractivity contribution in [3.8, 4) is 0 Å². The zero-order chi connectivity index (χ0) is 23.9. The molecule has 2 heterocycles. The summed E-state index contributed by atoms with van der Waals surface area (Å²) in [6.07, 6.45) is 0. The monoisotopic (exact) mass is 462 g/mol. The van der Waals surface area contributed by atoms with E-state index in [1.54, 1.807) is 19.1 Å². The number of carbonyl (C=O) groups is 3. The number of hydrogen-bond donors (Lipinski definition) is 1. The number of aliphatic hydroxyl groups excluding tert-OH is 1. The molecule has 0 saturated carbocycles. The van der Waals surface area contributed by atoms with E-state index in [1.807, 2.05) is 50.2 Å². The van der Waals surface area contributed by atoms with Gasteiger partial charge in [0.05, 0.1) is 24.4 Å². The fourth-order valence-electron chi connectivity index (χ4n) is 3.73. The number of nitrogens with zero attached hydrogens (tertiary/aromatic N) is 2. The van der Waals surface area contributed by atoms with Gasteiger partial charge in [0.25, 0.3) is 5.78 Å². The van der Waals surface area contributed by atoms with Crippen molar-refractivity contribution in [2.75, 3.05) is 12.0 Å². The van der Waals surface area contributed by atoms with Crippen LogP contribution in [0.4, 0.5) is 5.13 Å². The van der Waals surface area contributed by atoms with E-state index in [-0.39, 0.29) is 21.3 Å². The number of esters is 1. The molecule has 7 nitrogen and oxygen atoms in total. The van der Waals surface area contributed by atoms with E-state index < -0.39 is 23.7 Å². The van der Waals surface area contributed by atoms with Crippen LogP contribution in [-0.4, -0.2) is 34.9 Å². The number of ketones is 1. The zero-order valence-corrected chi connectivity index (χ0v) is 19.4. The van der Waals surface area contributed by atoms with Crippen LogP contribution in [0, 0.1) is 20.8 Å². The van der Waals surface area contributed by atoms with Gasteiger partial charge in [0.1, 0.15) is 10.6 Å². The third-order valence-corrected chi connectivity index (χ3v) is 6.66. The summed E-state index contributed by atoms with van der Waals surface area (Å²) in [5.41, 5.74) is 3.44. The van der Waals surface area contributed by atoms with Crippen LogP contribution in [0.2, 0.25) is 0 Å². The second-order valence-electron chi connectivity index (χ2n) is 7.85. The Labute approximate surface area is 195 Å². The molecule has 0 spiro atoms. The summed E-state index contributed by atoms with van der Waals surface area (Å²) in [7, 11) is 1.27. The van der Waals surface area contributed by atoms with E-state index in [1.165, 1.54) is 12.0 Å². The molecule has 8 heteroatoms. The second kappa shape index (κ2) is 8.63. The summed E-state index contributed by atoms with van der Waals surface area (Å²) in [5, 5.41) is 11.3. The van der Waals surface area contributed by atoms with Gasteiger partial charge in [-0.1, -0.05) is 71.0 Å². The predicted octanol–water partition coefficient (Wildman–Crippen LogP) is 4.48. The van der Waals surface area contributed by atoms with E-state index in [2.05, 4.69) is 4.98 Å². The van der Waals surface area contributed by atoms with Gasteiger partial charge in [0.2, 0.25) is 0 Å². The summed E-state index contributed by atoms with van der Waals surface area (Å²) in [4.78, 5) is 44.4. The lowest BCUT2D eigenvalue weighted by molar-refractivity contribution is -0.132. The summed E-state index contributed by atoms with van der Waals surface area (Å²) in [6, 6.07) is 13.5. The van der Waals surface area contributed by atoms with Crippen LogP contribution in [0.15, 0.2) is 54.1 Å². The molecule has 1 aliphatic rings. The van der Waals surface area contributed by atoms with Gasteiger partial charge in [0.15, 0.2) is 5.13 Å². The van der Waals surface area contributed by atoms with Crippen molar-refractivity contribution in [2.24, 2.45) is 0 Å². The van der Waals surface area contributed by atoms with Gasteiger partial charge < -0.3 is 9.84 Å². The fourth-order valence-corrected chi connectivity index (χ4v) is 4.74. The normalized spacial score (nSPS) is 17.5. The summed E-state index contributed by atoms with van der Waals surface area (Å²) in [5.74, 6) is -2.47. The van der Waals surface area contributed by atoms with Crippen LogP contribution in [0.1, 0.15) is 43.7 Å². The van der Waals surface area contributed by atoms with Gasteiger partial charge in [-0.15, -0.1) is 0 Å². The molecule has 1 aromatic heterocycles. The number of carbonyl (C=O) groups excluding carboxylic acids is 3. The number of ether oxygens (including phenoxy) is 1. The number of aryl methyl sites for hydroxylation is 3. The molecule has 3 aromatic rings. The number of thiazole rings is 1. The van der Waals surface area contributed by atoms with Crippen molar-refractivity contribution >= 4 is 39.9 Å². The maximum atomic E-state index is 13.2. The summed E-state index contributed by atoms with van der Waals surface area (Å²) in [6.45, 7) is 5.48. The summed E-state index contributed by atoms with van der Waals surface area (Å²) >= 11 is 0.971. The first-order valence-electron chi connectivity index (χ1n) is 10.2. The van der Waals surface area contributed by atoms with Crippen molar-refractivity contribution in [1.82, 2.24) is 4.98 Å². The van der Waals surface area contributed by atoms with Gasteiger partial charge in [-0.3, -0.25) is 14.5 Å². The number of aromatic nitrogens is 1. The molecule has 4 rings (SSSR count). The van der Waals surface area contributed by atoms with Crippen LogP contribution < -0.4 is 4.90 Å². The maximum absolute atomic E-state index is 13.2. The molecular weight excluding hydrogens is 440 g/mol. The van der Waals surface area contributed by atoms with Crippen molar-refractivity contribution in [2.45, 2.75) is 26.8 Å². The fraction of sp³-hybridized carbons (Fsp3) is 0.200. The van der Waals surface area contributed by atoms with E-state index >= 15 is 0 Å². The van der Waals surface area contributed by atoms with E-state index in [0.717, 1.165) is 22.5 Å². The molecule has 0 radical (unpaired) electrons. The van der Waals surface area contributed by atoms with Crippen molar-refractivity contribution < 1.29 is 24.2 Å². The highest BCUT2D eigenvalue weighted by Crippen LogP contribution is 2.43. The van der Waals surface area contributed by atoms with Gasteiger partial charge in [-0.05, 0) is 26.3 Å². The number of Topliss-reactive ketones (excluding diaryl/α,β-unsaturated/α-hetero) is 1. The molecular formula is C25H22N2O5S. The third kappa shape index (κ3) is 3.93. The molecule has 1 saturated heterocycles. The van der Waals surface area contributed by atoms with E-state index in [0.29, 0.717) is 16.8 Å². The van der Waals surface area contributed by atoms with E-state index in [9.17, 15) is 19.5 Å². The Morgan fingerprint density at radius 2 is 1.58 bits per heavy atom. The maximum Gasteiger partial charge on any atom is 0.350 e. The molecule has 33 heavy (non-hydrogen) atoms. The molecule has 1 fully saturated rings. The Morgan fingerprint density at radius 1 is 1.00 bits per heavy atom. The predicted molar refractivity (Wildman–Crippen MR) is 125 cm³/mol. The first kappa shape index (κ1) is 22.4. The van der Waals surface area contributed by atoms with Crippen LogP contribution in [-0.2, 0) is 14.3 Å². The number of aliphatic hydroxyl groups is 1. The first-order valence-corrected chi connectivity index (χ1v) is 11.0. The Balaban J connectivity index is 1.93. The highest BCUT2D eigenvalue weighted by molar-refractivity contribution is 7.17. The van der Waals surface area contributed by atoms with Crippen LogP contribution in [0.5, 0.6) is 0 Å². The molecule has 0 unspecified atom stereocenters.